The summed E-state index contributed by atoms with van der Waals surface area (Å²) >= 11 is 6.95. The van der Waals surface area contributed by atoms with Crippen molar-refractivity contribution in [3.63, 3.8) is 0 Å². The zero-order valence-electron chi connectivity index (χ0n) is 16.9. The van der Waals surface area contributed by atoms with Gasteiger partial charge in [0.1, 0.15) is 23.6 Å². The molecule has 0 spiro atoms. The van der Waals surface area contributed by atoms with E-state index in [0.29, 0.717) is 21.9 Å². The smallest absolute Gasteiger partial charge is 0.325 e. The van der Waals surface area contributed by atoms with Crippen LogP contribution in [-0.2, 0) is 22.7 Å². The third kappa shape index (κ3) is 5.02. The number of hydrogen-bond donors (Lipinski definition) is 2. The third-order valence-corrected chi connectivity index (χ3v) is 5.84. The Morgan fingerprint density at radius 3 is 2.00 bits per heavy atom. The standard InChI is InChI=1S/C22H16ClFN4O4S/c23-13-1-5-15(6-2-13)25-18(29)11-27-17-9-10-33-20(17)21(31)28(22(27)32)12-19(30)26-16-7-3-14(24)4-8-16/h1-10H,11-12H2,(H,25,29)(H,26,30). The Morgan fingerprint density at radius 2 is 1.39 bits per heavy atom. The van der Waals surface area contributed by atoms with Crippen LogP contribution in [0.25, 0.3) is 10.2 Å². The van der Waals surface area contributed by atoms with Crippen molar-refractivity contribution in [1.82, 2.24) is 9.13 Å². The van der Waals surface area contributed by atoms with Gasteiger partial charge in [-0.1, -0.05) is 11.6 Å². The van der Waals surface area contributed by atoms with Gasteiger partial charge in [0.2, 0.25) is 11.8 Å². The van der Waals surface area contributed by atoms with Crippen molar-refractivity contribution in [3.8, 4) is 0 Å². The van der Waals surface area contributed by atoms with Crippen molar-refractivity contribution in [2.45, 2.75) is 13.1 Å². The largest absolute Gasteiger partial charge is 0.332 e. The van der Waals surface area contributed by atoms with Crippen LogP contribution >= 0.6 is 22.9 Å². The number of thiophene rings is 1. The molecule has 168 valence electrons. The second-order valence-corrected chi connectivity index (χ2v) is 8.36. The Morgan fingerprint density at radius 1 is 0.848 bits per heavy atom. The van der Waals surface area contributed by atoms with Crippen molar-refractivity contribution >= 4 is 56.3 Å². The molecule has 0 aliphatic carbocycles. The molecular formula is C22H16ClFN4O4S. The molecule has 8 nitrogen and oxygen atoms in total. The van der Waals surface area contributed by atoms with Crippen LogP contribution < -0.4 is 21.9 Å². The number of amides is 2. The van der Waals surface area contributed by atoms with Gasteiger partial charge in [-0.3, -0.25) is 19.0 Å². The van der Waals surface area contributed by atoms with Gasteiger partial charge in [0.25, 0.3) is 5.56 Å². The van der Waals surface area contributed by atoms with E-state index in [0.717, 1.165) is 20.5 Å². The molecule has 0 aliphatic rings. The van der Waals surface area contributed by atoms with Gasteiger partial charge >= 0.3 is 5.69 Å². The molecule has 0 unspecified atom stereocenters. The molecule has 2 aromatic heterocycles. The summed E-state index contributed by atoms with van der Waals surface area (Å²) in [5, 5.41) is 7.31. The van der Waals surface area contributed by atoms with E-state index in [9.17, 15) is 23.6 Å². The Hall–Kier alpha value is -3.76. The maximum Gasteiger partial charge on any atom is 0.332 e. The number of benzene rings is 2. The first-order valence-corrected chi connectivity index (χ1v) is 10.9. The maximum absolute atomic E-state index is 13.1. The lowest BCUT2D eigenvalue weighted by atomic mass is 10.3. The first-order valence-electron chi connectivity index (χ1n) is 9.63. The molecule has 0 radical (unpaired) electrons. The van der Waals surface area contributed by atoms with Crippen LogP contribution in [0.4, 0.5) is 15.8 Å². The lowest BCUT2D eigenvalue weighted by Crippen LogP contribution is -2.43. The highest BCUT2D eigenvalue weighted by Gasteiger charge is 2.18. The Labute approximate surface area is 194 Å². The predicted octanol–water partition coefficient (Wildman–Crippen LogP) is 3.29. The van der Waals surface area contributed by atoms with Crippen LogP contribution in [0.5, 0.6) is 0 Å². The summed E-state index contributed by atoms with van der Waals surface area (Å²) < 4.78 is 15.2. The SMILES string of the molecule is O=C(Cn1c(=O)c2sccc2n(CC(=O)Nc2ccc(Cl)cc2)c1=O)Nc1ccc(F)cc1. The van der Waals surface area contributed by atoms with E-state index in [4.69, 9.17) is 11.6 Å². The summed E-state index contributed by atoms with van der Waals surface area (Å²) in [7, 11) is 0. The van der Waals surface area contributed by atoms with Crippen LogP contribution in [0.15, 0.2) is 69.6 Å². The van der Waals surface area contributed by atoms with Gasteiger partial charge in [0.05, 0.1) is 5.52 Å². The predicted molar refractivity (Wildman–Crippen MR) is 125 cm³/mol. The lowest BCUT2D eigenvalue weighted by molar-refractivity contribution is -0.117. The average Bonchev–Trinajstić information content (AvgIpc) is 3.27. The molecule has 2 heterocycles. The number of halogens is 2. The Kier molecular flexibility index (Phi) is 6.38. The van der Waals surface area contributed by atoms with Crippen molar-refractivity contribution in [2.24, 2.45) is 0 Å². The van der Waals surface area contributed by atoms with Gasteiger partial charge in [0.15, 0.2) is 0 Å². The van der Waals surface area contributed by atoms with E-state index < -0.39 is 35.4 Å². The molecule has 4 aromatic rings. The van der Waals surface area contributed by atoms with E-state index in [-0.39, 0.29) is 11.2 Å². The average molecular weight is 487 g/mol. The van der Waals surface area contributed by atoms with Crippen molar-refractivity contribution < 1.29 is 14.0 Å². The van der Waals surface area contributed by atoms with E-state index in [1.807, 2.05) is 0 Å². The van der Waals surface area contributed by atoms with E-state index >= 15 is 0 Å². The summed E-state index contributed by atoms with van der Waals surface area (Å²) in [6.07, 6.45) is 0. The molecule has 0 saturated heterocycles. The number of aromatic nitrogens is 2. The van der Waals surface area contributed by atoms with Crippen molar-refractivity contribution in [3.05, 3.63) is 91.7 Å². The quantitative estimate of drug-likeness (QED) is 0.436. The molecule has 4 rings (SSSR count). The summed E-state index contributed by atoms with van der Waals surface area (Å²) in [4.78, 5) is 50.9. The molecule has 0 atom stereocenters. The number of rotatable bonds is 6. The van der Waals surface area contributed by atoms with Gasteiger partial charge in [-0.05, 0) is 60.0 Å². The monoisotopic (exact) mass is 486 g/mol. The zero-order valence-corrected chi connectivity index (χ0v) is 18.5. The molecule has 33 heavy (non-hydrogen) atoms. The maximum atomic E-state index is 13.1. The molecule has 0 fully saturated rings. The number of carbonyl (C=O) groups excluding carboxylic acids is 2. The van der Waals surface area contributed by atoms with Gasteiger partial charge in [0, 0.05) is 16.4 Å². The summed E-state index contributed by atoms with van der Waals surface area (Å²) in [6.45, 7) is -0.934. The van der Waals surface area contributed by atoms with Gasteiger partial charge in [-0.2, -0.15) is 0 Å². The molecule has 2 N–H and O–H groups in total. The molecule has 0 bridgehead atoms. The summed E-state index contributed by atoms with van der Waals surface area (Å²) in [5.74, 6) is -1.60. The molecule has 2 amide bonds. The normalized spacial score (nSPS) is 10.8. The first kappa shape index (κ1) is 22.4. The third-order valence-electron chi connectivity index (χ3n) is 4.70. The minimum absolute atomic E-state index is 0.239. The highest BCUT2D eigenvalue weighted by atomic mass is 35.5. The van der Waals surface area contributed by atoms with Crippen molar-refractivity contribution in [2.75, 3.05) is 10.6 Å². The minimum atomic E-state index is -0.800. The molecular weight excluding hydrogens is 471 g/mol. The topological polar surface area (TPSA) is 102 Å². The van der Waals surface area contributed by atoms with E-state index in [2.05, 4.69) is 10.6 Å². The van der Waals surface area contributed by atoms with Crippen LogP contribution in [0.2, 0.25) is 5.02 Å². The van der Waals surface area contributed by atoms with Gasteiger partial charge in [-0.15, -0.1) is 11.3 Å². The van der Waals surface area contributed by atoms with E-state index in [1.54, 1.807) is 35.7 Å². The number of anilines is 2. The second-order valence-electron chi connectivity index (χ2n) is 7.01. The first-order chi connectivity index (χ1) is 15.8. The highest BCUT2D eigenvalue weighted by Crippen LogP contribution is 2.16. The van der Waals surface area contributed by atoms with E-state index in [1.165, 1.54) is 24.3 Å². The zero-order chi connectivity index (χ0) is 23.5. The highest BCUT2D eigenvalue weighted by molar-refractivity contribution is 7.17. The Balaban J connectivity index is 1.61. The van der Waals surface area contributed by atoms with Gasteiger partial charge in [-0.25, -0.2) is 13.8 Å². The van der Waals surface area contributed by atoms with Crippen LogP contribution in [-0.4, -0.2) is 20.9 Å². The van der Waals surface area contributed by atoms with Crippen LogP contribution in [0.1, 0.15) is 0 Å². The molecule has 0 saturated carbocycles. The fourth-order valence-electron chi connectivity index (χ4n) is 3.18. The number of carbonyl (C=O) groups is 2. The van der Waals surface area contributed by atoms with Crippen LogP contribution in [0.3, 0.4) is 0 Å². The Bertz CT molecular complexity index is 1460. The van der Waals surface area contributed by atoms with Crippen molar-refractivity contribution in [1.29, 1.82) is 0 Å². The molecule has 0 aliphatic heterocycles. The number of nitrogens with one attached hydrogen (secondary N) is 2. The lowest BCUT2D eigenvalue weighted by Gasteiger charge is -2.12. The fraction of sp³-hybridized carbons (Fsp3) is 0.0909. The van der Waals surface area contributed by atoms with Gasteiger partial charge < -0.3 is 10.6 Å². The van der Waals surface area contributed by atoms with Crippen LogP contribution in [0, 0.1) is 5.82 Å². The molecule has 11 heteroatoms. The minimum Gasteiger partial charge on any atom is -0.325 e. The number of fused-ring (bicyclic) bond motifs is 1. The molecule has 2 aromatic carbocycles. The second kappa shape index (κ2) is 9.39. The number of hydrogen-bond acceptors (Lipinski definition) is 5. The fourth-order valence-corrected chi connectivity index (χ4v) is 4.15. The number of nitrogens with zero attached hydrogens (tertiary/aromatic N) is 2. The summed E-state index contributed by atoms with van der Waals surface area (Å²) in [5.41, 5.74) is -0.322. The summed E-state index contributed by atoms with van der Waals surface area (Å²) in [6, 6.07) is 13.1.